The van der Waals surface area contributed by atoms with E-state index in [1.165, 1.54) is 4.90 Å². The fourth-order valence-electron chi connectivity index (χ4n) is 4.43. The second kappa shape index (κ2) is 15.4. The van der Waals surface area contributed by atoms with Gasteiger partial charge in [0.2, 0.25) is 11.8 Å². The average Bonchev–Trinajstić information content (AvgIpc) is 3.00. The van der Waals surface area contributed by atoms with Gasteiger partial charge < -0.3 is 19.7 Å². The molecule has 0 aliphatic carbocycles. The average molecular weight is 614 g/mol. The van der Waals surface area contributed by atoms with Crippen LogP contribution in [0.25, 0.3) is 0 Å². The third kappa shape index (κ3) is 8.70. The van der Waals surface area contributed by atoms with Crippen LogP contribution in [0.1, 0.15) is 46.1 Å². The largest absolute Gasteiger partial charge is 0.497 e. The summed E-state index contributed by atoms with van der Waals surface area (Å²) in [5.41, 5.74) is 0.945. The summed E-state index contributed by atoms with van der Waals surface area (Å²) in [4.78, 5) is 28.7. The van der Waals surface area contributed by atoms with Crippen LogP contribution < -0.4 is 19.1 Å². The lowest BCUT2D eigenvalue weighted by molar-refractivity contribution is -0.140. The van der Waals surface area contributed by atoms with Gasteiger partial charge in [-0.2, -0.15) is 0 Å². The van der Waals surface area contributed by atoms with Crippen LogP contribution in [0.4, 0.5) is 10.1 Å². The first kappa shape index (κ1) is 33.4. The number of hydrogen-bond donors (Lipinski definition) is 1. The van der Waals surface area contributed by atoms with Crippen molar-refractivity contribution in [2.75, 3.05) is 24.6 Å². The molecule has 0 aromatic heterocycles. The molecule has 0 saturated carbocycles. The van der Waals surface area contributed by atoms with Crippen molar-refractivity contribution in [2.24, 2.45) is 0 Å². The number of benzene rings is 3. The standard InChI is InChI=1S/C32H40FN3O6S/c1-6-23(4)34-32(38)30(7-2)35(21-24-9-15-27(41-5)16-10-24)31(37)22-36(26-13-17-28(18-14-26)42-8-3)43(39,40)29-19-11-25(33)12-20-29/h9-20,23,30H,6-8,21-22H2,1-5H3,(H,34,38). The van der Waals surface area contributed by atoms with Gasteiger partial charge >= 0.3 is 0 Å². The van der Waals surface area contributed by atoms with E-state index in [0.29, 0.717) is 30.9 Å². The molecule has 3 aromatic carbocycles. The zero-order valence-corrected chi connectivity index (χ0v) is 26.1. The molecule has 0 saturated heterocycles. The summed E-state index contributed by atoms with van der Waals surface area (Å²) in [7, 11) is -2.77. The lowest BCUT2D eigenvalue weighted by Gasteiger charge is -2.33. The highest BCUT2D eigenvalue weighted by Crippen LogP contribution is 2.27. The summed E-state index contributed by atoms with van der Waals surface area (Å²) >= 11 is 0. The van der Waals surface area contributed by atoms with Gasteiger partial charge in [-0.1, -0.05) is 26.0 Å². The quantitative estimate of drug-likeness (QED) is 0.254. The Hall–Kier alpha value is -4.12. The van der Waals surface area contributed by atoms with Crippen molar-refractivity contribution < 1.29 is 31.9 Å². The van der Waals surface area contributed by atoms with Crippen molar-refractivity contribution in [2.45, 2.75) is 64.1 Å². The number of carbonyl (C=O) groups is 2. The Morgan fingerprint density at radius 2 is 1.49 bits per heavy atom. The first-order valence-electron chi connectivity index (χ1n) is 14.3. The Balaban J connectivity index is 2.06. The Morgan fingerprint density at radius 3 is 2.02 bits per heavy atom. The number of carbonyl (C=O) groups excluding carboxylic acids is 2. The van der Waals surface area contributed by atoms with Crippen molar-refractivity contribution in [1.29, 1.82) is 0 Å². The molecule has 2 unspecified atom stereocenters. The van der Waals surface area contributed by atoms with E-state index in [4.69, 9.17) is 9.47 Å². The van der Waals surface area contributed by atoms with Gasteiger partial charge in [0.15, 0.2) is 0 Å². The molecule has 3 rings (SSSR count). The predicted molar refractivity (Wildman–Crippen MR) is 164 cm³/mol. The van der Waals surface area contributed by atoms with Gasteiger partial charge in [0, 0.05) is 12.6 Å². The first-order chi connectivity index (χ1) is 20.5. The number of halogens is 1. The highest BCUT2D eigenvalue weighted by molar-refractivity contribution is 7.92. The van der Waals surface area contributed by atoms with Gasteiger partial charge in [-0.05, 0) is 92.9 Å². The van der Waals surface area contributed by atoms with Crippen molar-refractivity contribution in [1.82, 2.24) is 10.2 Å². The Labute approximate surface area is 253 Å². The minimum Gasteiger partial charge on any atom is -0.497 e. The molecule has 0 spiro atoms. The fraction of sp³-hybridized carbons (Fsp3) is 0.375. The number of amides is 2. The molecule has 3 aromatic rings. The Kier molecular flexibility index (Phi) is 11.9. The second-order valence-electron chi connectivity index (χ2n) is 10.0. The molecule has 232 valence electrons. The van der Waals surface area contributed by atoms with Crippen LogP contribution in [0.5, 0.6) is 11.5 Å². The smallest absolute Gasteiger partial charge is 0.264 e. The molecular weight excluding hydrogens is 573 g/mol. The fourth-order valence-corrected chi connectivity index (χ4v) is 5.84. The maximum Gasteiger partial charge on any atom is 0.264 e. The molecule has 2 amide bonds. The van der Waals surface area contributed by atoms with Crippen LogP contribution in [0.2, 0.25) is 0 Å². The van der Waals surface area contributed by atoms with Gasteiger partial charge in [0.05, 0.1) is 24.3 Å². The van der Waals surface area contributed by atoms with Crippen molar-refractivity contribution in [3.63, 3.8) is 0 Å². The number of rotatable bonds is 15. The number of sulfonamides is 1. The molecule has 0 heterocycles. The van der Waals surface area contributed by atoms with Gasteiger partial charge in [-0.25, -0.2) is 12.8 Å². The Bertz CT molecular complexity index is 1450. The molecule has 9 nitrogen and oxygen atoms in total. The third-order valence-electron chi connectivity index (χ3n) is 7.02. The SMILES string of the molecule is CCOc1ccc(N(CC(=O)N(Cc2ccc(OC)cc2)C(CC)C(=O)NC(C)CC)S(=O)(=O)c2ccc(F)cc2)cc1. The lowest BCUT2D eigenvalue weighted by Crippen LogP contribution is -2.53. The Morgan fingerprint density at radius 1 is 0.884 bits per heavy atom. The van der Waals surface area contributed by atoms with Crippen LogP contribution in [0.15, 0.2) is 77.7 Å². The van der Waals surface area contributed by atoms with Crippen LogP contribution in [-0.2, 0) is 26.2 Å². The normalized spacial score (nSPS) is 12.6. The van der Waals surface area contributed by atoms with E-state index >= 15 is 0 Å². The third-order valence-corrected chi connectivity index (χ3v) is 8.80. The maximum absolute atomic E-state index is 14.1. The number of nitrogens with one attached hydrogen (secondary N) is 1. The van der Waals surface area contributed by atoms with E-state index in [1.807, 2.05) is 20.8 Å². The molecule has 11 heteroatoms. The molecule has 0 aliphatic rings. The minimum absolute atomic E-state index is 0.0585. The number of methoxy groups -OCH3 is 1. The topological polar surface area (TPSA) is 105 Å². The summed E-state index contributed by atoms with van der Waals surface area (Å²) in [6.45, 7) is 7.34. The zero-order chi connectivity index (χ0) is 31.6. The van der Waals surface area contributed by atoms with Gasteiger partial charge in [0.1, 0.15) is 29.9 Å². The van der Waals surface area contributed by atoms with E-state index in [9.17, 15) is 22.4 Å². The van der Waals surface area contributed by atoms with Crippen molar-refractivity contribution in [3.05, 3.63) is 84.2 Å². The number of hydrogen-bond acceptors (Lipinski definition) is 6. The van der Waals surface area contributed by atoms with Crippen LogP contribution in [0, 0.1) is 5.82 Å². The van der Waals surface area contributed by atoms with E-state index in [2.05, 4.69) is 5.32 Å². The summed E-state index contributed by atoms with van der Waals surface area (Å²) in [5, 5.41) is 2.95. The molecule has 0 radical (unpaired) electrons. The predicted octanol–water partition coefficient (Wildman–Crippen LogP) is 5.15. The molecular formula is C32H40FN3O6S. The van der Waals surface area contributed by atoms with Crippen LogP contribution in [0.3, 0.4) is 0 Å². The lowest BCUT2D eigenvalue weighted by atomic mass is 10.1. The molecule has 1 N–H and O–H groups in total. The highest BCUT2D eigenvalue weighted by atomic mass is 32.2. The monoisotopic (exact) mass is 613 g/mol. The van der Waals surface area contributed by atoms with Crippen molar-refractivity contribution in [3.8, 4) is 11.5 Å². The minimum atomic E-state index is -4.32. The summed E-state index contributed by atoms with van der Waals surface area (Å²) < 4.78 is 53.2. The number of nitrogens with zero attached hydrogens (tertiary/aromatic N) is 2. The second-order valence-corrected chi connectivity index (χ2v) is 11.9. The highest BCUT2D eigenvalue weighted by Gasteiger charge is 2.34. The van der Waals surface area contributed by atoms with Gasteiger partial charge in [-0.3, -0.25) is 13.9 Å². The summed E-state index contributed by atoms with van der Waals surface area (Å²) in [6, 6.07) is 16.8. The molecule has 0 fully saturated rings. The molecule has 0 aliphatic heterocycles. The van der Waals surface area contributed by atoms with Crippen LogP contribution >= 0.6 is 0 Å². The zero-order valence-electron chi connectivity index (χ0n) is 25.2. The van der Waals surface area contributed by atoms with Gasteiger partial charge in [-0.15, -0.1) is 0 Å². The van der Waals surface area contributed by atoms with Crippen molar-refractivity contribution >= 4 is 27.5 Å². The van der Waals surface area contributed by atoms with Gasteiger partial charge in [0.25, 0.3) is 10.0 Å². The summed E-state index contributed by atoms with van der Waals surface area (Å²) in [6.07, 6.45) is 1.01. The molecule has 43 heavy (non-hydrogen) atoms. The maximum atomic E-state index is 14.1. The van der Waals surface area contributed by atoms with E-state index in [1.54, 1.807) is 62.6 Å². The number of ether oxygens (including phenoxy) is 2. The van der Waals surface area contributed by atoms with E-state index in [0.717, 1.165) is 34.1 Å². The van der Waals surface area contributed by atoms with Crippen LogP contribution in [-0.4, -0.2) is 57.5 Å². The van der Waals surface area contributed by atoms with E-state index in [-0.39, 0.29) is 29.1 Å². The first-order valence-corrected chi connectivity index (χ1v) is 15.7. The molecule has 0 bridgehead atoms. The molecule has 2 atom stereocenters. The summed E-state index contributed by atoms with van der Waals surface area (Å²) in [5.74, 6) is -0.332. The van der Waals surface area contributed by atoms with E-state index < -0.39 is 34.3 Å². The number of anilines is 1.